The Morgan fingerprint density at radius 2 is 1.48 bits per heavy atom. The molecule has 3 aliphatic heterocycles. The van der Waals surface area contributed by atoms with E-state index in [9.17, 15) is 19.2 Å². The Kier molecular flexibility index (Phi) is 7.63. The maximum atomic E-state index is 12.7. The van der Waals surface area contributed by atoms with E-state index < -0.39 is 11.1 Å². The average Bonchev–Trinajstić information content (AvgIpc) is 3.11. The van der Waals surface area contributed by atoms with Gasteiger partial charge in [-0.15, -0.1) is 0 Å². The van der Waals surface area contributed by atoms with E-state index in [-0.39, 0.29) is 29.9 Å². The summed E-state index contributed by atoms with van der Waals surface area (Å²) in [5, 5.41) is -0.463. The molecule has 0 aliphatic carbocycles. The zero-order valence-electron chi connectivity index (χ0n) is 18.1. The first-order valence-electron chi connectivity index (χ1n) is 10.7. The van der Waals surface area contributed by atoms with Crippen LogP contribution in [0.4, 0.5) is 4.79 Å². The molecule has 33 heavy (non-hydrogen) atoms. The van der Waals surface area contributed by atoms with Crippen LogP contribution in [0.1, 0.15) is 5.56 Å². The number of hydrogen-bond acceptors (Lipinski definition) is 8. The van der Waals surface area contributed by atoms with Crippen molar-refractivity contribution in [2.45, 2.75) is 0 Å². The van der Waals surface area contributed by atoms with Gasteiger partial charge in [-0.2, -0.15) is 0 Å². The zero-order valence-corrected chi connectivity index (χ0v) is 18.9. The lowest BCUT2D eigenvalue weighted by Crippen LogP contribution is -2.46. The molecule has 0 aromatic heterocycles. The molecule has 3 saturated heterocycles. The molecule has 0 atom stereocenters. The van der Waals surface area contributed by atoms with E-state index in [4.69, 9.17) is 14.2 Å². The SMILES string of the molecule is O=C(COc1ccc(/C=C2/SC(=O)N(CC(=O)N3CCOCC3)C2=O)cc1)N1CCOCC1. The van der Waals surface area contributed by atoms with Gasteiger partial charge in [-0.05, 0) is 35.5 Å². The van der Waals surface area contributed by atoms with Crippen molar-refractivity contribution in [3.63, 3.8) is 0 Å². The van der Waals surface area contributed by atoms with Gasteiger partial charge in [-0.3, -0.25) is 24.1 Å². The van der Waals surface area contributed by atoms with Crippen molar-refractivity contribution in [1.82, 2.24) is 14.7 Å². The van der Waals surface area contributed by atoms with Crippen LogP contribution in [0.25, 0.3) is 6.08 Å². The summed E-state index contributed by atoms with van der Waals surface area (Å²) in [5.74, 6) is -0.321. The molecule has 11 heteroatoms. The molecule has 0 unspecified atom stereocenters. The molecule has 4 rings (SSSR count). The fraction of sp³-hybridized carbons (Fsp3) is 0.455. The summed E-state index contributed by atoms with van der Waals surface area (Å²) < 4.78 is 16.0. The third kappa shape index (κ3) is 5.92. The summed E-state index contributed by atoms with van der Waals surface area (Å²) in [5.41, 5.74) is 0.701. The molecule has 4 amide bonds. The number of rotatable bonds is 6. The van der Waals surface area contributed by atoms with E-state index in [0.717, 1.165) is 16.7 Å². The van der Waals surface area contributed by atoms with Gasteiger partial charge in [-0.1, -0.05) is 12.1 Å². The number of thioether (sulfide) groups is 1. The average molecular weight is 476 g/mol. The topological polar surface area (TPSA) is 106 Å². The van der Waals surface area contributed by atoms with Gasteiger partial charge in [0.1, 0.15) is 12.3 Å². The van der Waals surface area contributed by atoms with Gasteiger partial charge in [0.2, 0.25) is 5.91 Å². The lowest BCUT2D eigenvalue weighted by atomic mass is 10.2. The van der Waals surface area contributed by atoms with E-state index in [1.165, 1.54) is 0 Å². The van der Waals surface area contributed by atoms with Crippen LogP contribution in [-0.4, -0.2) is 103 Å². The normalized spacial score (nSPS) is 20.5. The predicted octanol–water partition coefficient (Wildman–Crippen LogP) is 0.819. The van der Waals surface area contributed by atoms with Crippen LogP contribution in [0, 0.1) is 0 Å². The Bertz CT molecular complexity index is 938. The van der Waals surface area contributed by atoms with Crippen LogP contribution >= 0.6 is 11.8 Å². The summed E-state index contributed by atoms with van der Waals surface area (Å²) >= 11 is 0.811. The van der Waals surface area contributed by atoms with Gasteiger partial charge in [-0.25, -0.2) is 0 Å². The van der Waals surface area contributed by atoms with Gasteiger partial charge in [0, 0.05) is 26.2 Å². The van der Waals surface area contributed by atoms with Crippen molar-refractivity contribution >= 4 is 40.8 Å². The van der Waals surface area contributed by atoms with E-state index in [0.29, 0.717) is 63.9 Å². The summed E-state index contributed by atoms with van der Waals surface area (Å²) in [6, 6.07) is 6.87. The highest BCUT2D eigenvalue weighted by molar-refractivity contribution is 8.18. The third-order valence-electron chi connectivity index (χ3n) is 5.43. The number of amides is 4. The van der Waals surface area contributed by atoms with E-state index in [2.05, 4.69) is 0 Å². The van der Waals surface area contributed by atoms with Crippen LogP contribution in [0.2, 0.25) is 0 Å². The van der Waals surface area contributed by atoms with Crippen molar-refractivity contribution in [2.24, 2.45) is 0 Å². The van der Waals surface area contributed by atoms with E-state index >= 15 is 0 Å². The molecular formula is C22H25N3O7S. The van der Waals surface area contributed by atoms with E-state index in [1.54, 1.807) is 40.1 Å². The van der Waals surface area contributed by atoms with Crippen LogP contribution in [0.15, 0.2) is 29.2 Å². The zero-order chi connectivity index (χ0) is 23.2. The van der Waals surface area contributed by atoms with Crippen molar-refractivity contribution < 1.29 is 33.4 Å². The quantitative estimate of drug-likeness (QED) is 0.557. The van der Waals surface area contributed by atoms with E-state index in [1.807, 2.05) is 0 Å². The van der Waals surface area contributed by atoms with Gasteiger partial charge in [0.05, 0.1) is 31.3 Å². The molecule has 10 nitrogen and oxygen atoms in total. The predicted molar refractivity (Wildman–Crippen MR) is 119 cm³/mol. The molecule has 3 aliphatic rings. The lowest BCUT2D eigenvalue weighted by Gasteiger charge is -2.28. The highest BCUT2D eigenvalue weighted by atomic mass is 32.2. The maximum Gasteiger partial charge on any atom is 0.294 e. The Morgan fingerprint density at radius 3 is 2.09 bits per heavy atom. The summed E-state index contributed by atoms with van der Waals surface area (Å²) in [4.78, 5) is 54.1. The van der Waals surface area contributed by atoms with Gasteiger partial charge < -0.3 is 24.0 Å². The second-order valence-corrected chi connectivity index (χ2v) is 8.61. The third-order valence-corrected chi connectivity index (χ3v) is 6.34. The maximum absolute atomic E-state index is 12.7. The van der Waals surface area contributed by atoms with Crippen LogP contribution in [0.3, 0.4) is 0 Å². The summed E-state index contributed by atoms with van der Waals surface area (Å²) in [7, 11) is 0. The minimum atomic E-state index is -0.483. The number of hydrogen-bond donors (Lipinski definition) is 0. The highest BCUT2D eigenvalue weighted by Gasteiger charge is 2.37. The fourth-order valence-corrected chi connectivity index (χ4v) is 4.38. The van der Waals surface area contributed by atoms with Crippen LogP contribution < -0.4 is 4.74 Å². The fourth-order valence-electron chi connectivity index (χ4n) is 3.55. The molecule has 0 N–H and O–H groups in total. The second kappa shape index (κ2) is 10.8. The molecule has 1 aromatic rings. The summed E-state index contributed by atoms with van der Waals surface area (Å²) in [6.45, 7) is 3.68. The first-order chi connectivity index (χ1) is 16.0. The van der Waals surface area contributed by atoms with Crippen molar-refractivity contribution in [2.75, 3.05) is 65.8 Å². The van der Waals surface area contributed by atoms with Crippen molar-refractivity contribution in [3.05, 3.63) is 34.7 Å². The number of nitrogens with zero attached hydrogens (tertiary/aromatic N) is 3. The molecule has 0 spiro atoms. The molecule has 176 valence electrons. The highest BCUT2D eigenvalue weighted by Crippen LogP contribution is 2.32. The number of imide groups is 1. The largest absolute Gasteiger partial charge is 0.484 e. The molecule has 0 radical (unpaired) electrons. The molecular weight excluding hydrogens is 450 g/mol. The lowest BCUT2D eigenvalue weighted by molar-refractivity contribution is -0.139. The van der Waals surface area contributed by atoms with Gasteiger partial charge in [0.25, 0.3) is 17.1 Å². The Morgan fingerprint density at radius 1 is 0.909 bits per heavy atom. The minimum absolute atomic E-state index is 0.0601. The number of ether oxygens (including phenoxy) is 3. The number of benzene rings is 1. The molecule has 3 fully saturated rings. The van der Waals surface area contributed by atoms with Gasteiger partial charge >= 0.3 is 0 Å². The Labute approximate surface area is 195 Å². The van der Waals surface area contributed by atoms with Crippen molar-refractivity contribution in [1.29, 1.82) is 0 Å². The van der Waals surface area contributed by atoms with Crippen LogP contribution in [-0.2, 0) is 23.9 Å². The van der Waals surface area contributed by atoms with Gasteiger partial charge in [0.15, 0.2) is 6.61 Å². The standard InChI is InChI=1S/C22H25N3O7S/c26-19(23-5-9-30-10-6-23)14-25-21(28)18(33-22(25)29)13-16-1-3-17(4-2-16)32-15-20(27)24-7-11-31-12-8-24/h1-4,13H,5-12,14-15H2/b18-13+. The number of morpholine rings is 2. The number of carbonyl (C=O) groups excluding carboxylic acids is 4. The first-order valence-corrected chi connectivity index (χ1v) is 11.5. The Hall–Kier alpha value is -2.89. The molecule has 0 saturated carbocycles. The first kappa shape index (κ1) is 23.3. The minimum Gasteiger partial charge on any atom is -0.484 e. The molecule has 0 bridgehead atoms. The number of carbonyl (C=O) groups is 4. The summed E-state index contributed by atoms with van der Waals surface area (Å²) in [6.07, 6.45) is 1.60. The molecule has 3 heterocycles. The molecule has 1 aromatic carbocycles. The monoisotopic (exact) mass is 475 g/mol. The van der Waals surface area contributed by atoms with Crippen LogP contribution in [0.5, 0.6) is 5.75 Å². The second-order valence-electron chi connectivity index (χ2n) is 7.61. The van der Waals surface area contributed by atoms with Crippen molar-refractivity contribution in [3.8, 4) is 5.75 Å². The Balaban J connectivity index is 1.31. The smallest absolute Gasteiger partial charge is 0.294 e.